The van der Waals surface area contributed by atoms with Crippen LogP contribution in [0.15, 0.2) is 18.6 Å². The van der Waals surface area contributed by atoms with Gasteiger partial charge in [0.2, 0.25) is 0 Å². The lowest BCUT2D eigenvalue weighted by Gasteiger charge is -2.06. The molecule has 0 aromatic carbocycles. The van der Waals surface area contributed by atoms with Gasteiger partial charge < -0.3 is 10.6 Å². The van der Waals surface area contributed by atoms with Crippen molar-refractivity contribution in [3.63, 3.8) is 0 Å². The zero-order valence-electron chi connectivity index (χ0n) is 10.5. The van der Waals surface area contributed by atoms with Crippen molar-refractivity contribution in [3.05, 3.63) is 35.0 Å². The number of hydrogen-bond acceptors (Lipinski definition) is 5. The molecule has 2 heterocycles. The van der Waals surface area contributed by atoms with Crippen molar-refractivity contribution in [2.24, 2.45) is 7.05 Å². The highest BCUT2D eigenvalue weighted by molar-refractivity contribution is 6.33. The Labute approximate surface area is 115 Å². The predicted octanol–water partition coefficient (Wildman–Crippen LogP) is 0.835. The Morgan fingerprint density at radius 3 is 2.89 bits per heavy atom. The number of pyridine rings is 1. The average Bonchev–Trinajstić information content (AvgIpc) is 2.82. The van der Waals surface area contributed by atoms with Crippen LogP contribution in [0.5, 0.6) is 0 Å². The van der Waals surface area contributed by atoms with Crippen molar-refractivity contribution in [3.8, 4) is 0 Å². The van der Waals surface area contributed by atoms with Crippen LogP contribution in [0.3, 0.4) is 0 Å². The molecule has 1 amide bonds. The number of aromatic nitrogens is 4. The highest BCUT2D eigenvalue weighted by atomic mass is 35.5. The number of rotatable bonds is 4. The Bertz CT molecular complexity index is 597. The van der Waals surface area contributed by atoms with Gasteiger partial charge in [-0.25, -0.2) is 9.97 Å². The van der Waals surface area contributed by atoms with E-state index < -0.39 is 0 Å². The summed E-state index contributed by atoms with van der Waals surface area (Å²) in [5, 5.41) is 9.91. The van der Waals surface area contributed by atoms with Gasteiger partial charge in [-0.3, -0.25) is 9.48 Å². The Kier molecular flexibility index (Phi) is 3.96. The summed E-state index contributed by atoms with van der Waals surface area (Å²) < 4.78 is 1.57. The molecular formula is C11H13ClN6O. The normalized spacial score (nSPS) is 10.3. The van der Waals surface area contributed by atoms with E-state index in [1.54, 1.807) is 31.2 Å². The van der Waals surface area contributed by atoms with Gasteiger partial charge in [-0.15, -0.1) is 0 Å². The number of nitrogens with zero attached hydrogens (tertiary/aromatic N) is 4. The highest BCUT2D eigenvalue weighted by Gasteiger charge is 2.12. The van der Waals surface area contributed by atoms with E-state index in [1.165, 1.54) is 6.20 Å². The summed E-state index contributed by atoms with van der Waals surface area (Å²) in [5.74, 6) is 0.816. The Hall–Kier alpha value is -2.15. The van der Waals surface area contributed by atoms with Gasteiger partial charge in [-0.2, -0.15) is 5.10 Å². The minimum absolute atomic E-state index is 0.243. The van der Waals surface area contributed by atoms with Crippen molar-refractivity contribution >= 4 is 23.3 Å². The third-order valence-corrected chi connectivity index (χ3v) is 2.71. The first-order valence-electron chi connectivity index (χ1n) is 5.56. The maximum atomic E-state index is 12.0. The molecule has 2 rings (SSSR count). The van der Waals surface area contributed by atoms with Gasteiger partial charge in [0.05, 0.1) is 17.1 Å². The molecule has 2 N–H and O–H groups in total. The fourth-order valence-electron chi connectivity index (χ4n) is 1.47. The molecule has 2 aromatic heterocycles. The molecule has 0 saturated heterocycles. The van der Waals surface area contributed by atoms with E-state index in [0.717, 1.165) is 0 Å². The van der Waals surface area contributed by atoms with Crippen LogP contribution >= 0.6 is 11.6 Å². The molecule has 0 bridgehead atoms. The van der Waals surface area contributed by atoms with Crippen LogP contribution in [0.4, 0.5) is 5.82 Å². The van der Waals surface area contributed by atoms with Crippen LogP contribution in [0.2, 0.25) is 5.02 Å². The molecule has 0 aliphatic rings. The van der Waals surface area contributed by atoms with Crippen molar-refractivity contribution in [1.82, 2.24) is 25.1 Å². The van der Waals surface area contributed by atoms with Crippen LogP contribution in [-0.4, -0.2) is 32.7 Å². The number of amides is 1. The zero-order valence-corrected chi connectivity index (χ0v) is 11.3. The summed E-state index contributed by atoms with van der Waals surface area (Å²) >= 11 is 5.95. The summed E-state index contributed by atoms with van der Waals surface area (Å²) in [6.07, 6.45) is 3.00. The molecule has 0 unspecified atom stereocenters. The molecule has 0 saturated carbocycles. The van der Waals surface area contributed by atoms with Crippen LogP contribution in [0.1, 0.15) is 16.2 Å². The minimum Gasteiger partial charge on any atom is -0.373 e. The van der Waals surface area contributed by atoms with Gasteiger partial charge in [-0.05, 0) is 6.07 Å². The molecule has 2 aromatic rings. The van der Waals surface area contributed by atoms with Crippen LogP contribution < -0.4 is 10.6 Å². The third-order valence-electron chi connectivity index (χ3n) is 2.41. The van der Waals surface area contributed by atoms with Gasteiger partial charge >= 0.3 is 0 Å². The monoisotopic (exact) mass is 280 g/mol. The second-order valence-corrected chi connectivity index (χ2v) is 4.22. The van der Waals surface area contributed by atoms with Crippen LogP contribution in [-0.2, 0) is 13.6 Å². The largest absolute Gasteiger partial charge is 0.373 e. The van der Waals surface area contributed by atoms with E-state index in [1.807, 2.05) is 0 Å². The van der Waals surface area contributed by atoms with E-state index in [-0.39, 0.29) is 12.5 Å². The summed E-state index contributed by atoms with van der Waals surface area (Å²) in [6, 6.07) is 1.59. The van der Waals surface area contributed by atoms with Gasteiger partial charge in [-0.1, -0.05) is 11.6 Å². The van der Waals surface area contributed by atoms with Gasteiger partial charge in [0, 0.05) is 20.3 Å². The van der Waals surface area contributed by atoms with Gasteiger partial charge in [0.1, 0.15) is 12.1 Å². The molecule has 100 valence electrons. The summed E-state index contributed by atoms with van der Waals surface area (Å²) in [4.78, 5) is 20.0. The standard InChI is InChI=1S/C11H13ClN6O/c1-13-9-3-7(8(12)4-14-9)11(19)15-5-10-16-6-18(2)17-10/h3-4,6H,5H2,1-2H3,(H,13,14)(H,15,19). The van der Waals surface area contributed by atoms with Gasteiger partial charge in [0.15, 0.2) is 5.82 Å². The minimum atomic E-state index is -0.295. The van der Waals surface area contributed by atoms with Crippen molar-refractivity contribution in [2.45, 2.75) is 6.54 Å². The Morgan fingerprint density at radius 1 is 1.47 bits per heavy atom. The molecule has 19 heavy (non-hydrogen) atoms. The summed E-state index contributed by atoms with van der Waals surface area (Å²) in [6.45, 7) is 0.243. The maximum absolute atomic E-state index is 12.0. The van der Waals surface area contributed by atoms with Crippen molar-refractivity contribution in [1.29, 1.82) is 0 Å². The first-order chi connectivity index (χ1) is 9.10. The predicted molar refractivity (Wildman–Crippen MR) is 71.0 cm³/mol. The van der Waals surface area contributed by atoms with E-state index >= 15 is 0 Å². The summed E-state index contributed by atoms with van der Waals surface area (Å²) in [7, 11) is 3.48. The molecule has 0 aliphatic carbocycles. The Balaban J connectivity index is 2.07. The number of hydrogen-bond donors (Lipinski definition) is 2. The van der Waals surface area contributed by atoms with Crippen LogP contribution in [0, 0.1) is 0 Å². The molecule has 0 spiro atoms. The average molecular weight is 281 g/mol. The number of nitrogens with one attached hydrogen (secondary N) is 2. The number of aryl methyl sites for hydroxylation is 1. The SMILES string of the molecule is CNc1cc(C(=O)NCc2ncn(C)n2)c(Cl)cn1. The fraction of sp³-hybridized carbons (Fsp3) is 0.273. The zero-order chi connectivity index (χ0) is 13.8. The van der Waals surface area contributed by atoms with E-state index in [9.17, 15) is 4.79 Å². The van der Waals surface area contributed by atoms with E-state index in [0.29, 0.717) is 22.2 Å². The second-order valence-electron chi connectivity index (χ2n) is 3.82. The molecule has 0 fully saturated rings. The first-order valence-corrected chi connectivity index (χ1v) is 5.94. The Morgan fingerprint density at radius 2 is 2.26 bits per heavy atom. The maximum Gasteiger partial charge on any atom is 0.253 e. The lowest BCUT2D eigenvalue weighted by Crippen LogP contribution is -2.24. The molecule has 8 heteroatoms. The first kappa shape index (κ1) is 13.3. The van der Waals surface area contributed by atoms with E-state index in [4.69, 9.17) is 11.6 Å². The molecule has 0 atom stereocenters. The van der Waals surface area contributed by atoms with Crippen molar-refractivity contribution in [2.75, 3.05) is 12.4 Å². The lowest BCUT2D eigenvalue weighted by atomic mass is 10.2. The second kappa shape index (κ2) is 5.66. The molecule has 0 aliphatic heterocycles. The van der Waals surface area contributed by atoms with Crippen LogP contribution in [0.25, 0.3) is 0 Å². The number of anilines is 1. The molecule has 0 radical (unpaired) electrons. The van der Waals surface area contributed by atoms with Crippen molar-refractivity contribution < 1.29 is 4.79 Å². The molecular weight excluding hydrogens is 268 g/mol. The quantitative estimate of drug-likeness (QED) is 0.867. The fourth-order valence-corrected chi connectivity index (χ4v) is 1.66. The summed E-state index contributed by atoms with van der Waals surface area (Å²) in [5.41, 5.74) is 0.358. The smallest absolute Gasteiger partial charge is 0.253 e. The third kappa shape index (κ3) is 3.19. The highest BCUT2D eigenvalue weighted by Crippen LogP contribution is 2.17. The number of carbonyl (C=O) groups is 1. The van der Waals surface area contributed by atoms with Gasteiger partial charge in [0.25, 0.3) is 5.91 Å². The van der Waals surface area contributed by atoms with E-state index in [2.05, 4.69) is 25.7 Å². The topological polar surface area (TPSA) is 84.7 Å². The molecule has 7 nitrogen and oxygen atoms in total. The number of halogens is 1. The lowest BCUT2D eigenvalue weighted by molar-refractivity contribution is 0.0950. The number of carbonyl (C=O) groups excluding carboxylic acids is 1.